The first-order valence-electron chi connectivity index (χ1n) is 8.45. The van der Waals surface area contributed by atoms with E-state index in [0.717, 1.165) is 12.8 Å². The predicted molar refractivity (Wildman–Crippen MR) is 100 cm³/mol. The van der Waals surface area contributed by atoms with Gasteiger partial charge in [0, 0.05) is 24.3 Å². The van der Waals surface area contributed by atoms with E-state index in [9.17, 15) is 13.2 Å². The van der Waals surface area contributed by atoms with Gasteiger partial charge in [0.15, 0.2) is 0 Å². The number of amides is 1. The van der Waals surface area contributed by atoms with Crippen molar-refractivity contribution in [3.8, 4) is 0 Å². The van der Waals surface area contributed by atoms with Gasteiger partial charge in [-0.3, -0.25) is 9.52 Å². The van der Waals surface area contributed by atoms with Crippen LogP contribution in [0.25, 0.3) is 0 Å². The number of sulfonamides is 1. The Morgan fingerprint density at radius 1 is 1.00 bits per heavy atom. The van der Waals surface area contributed by atoms with E-state index in [1.807, 2.05) is 13.0 Å². The number of nitrogens with one attached hydrogen (secondary N) is 1. The number of para-hydroxylation sites is 1. The molecule has 0 heterocycles. The van der Waals surface area contributed by atoms with Crippen molar-refractivity contribution in [2.45, 2.75) is 31.6 Å². The average molecular weight is 360 g/mol. The first kappa shape index (κ1) is 19.0. The number of hydrogen-bond donors (Lipinski definition) is 1. The lowest BCUT2D eigenvalue weighted by atomic mass is 10.2. The summed E-state index contributed by atoms with van der Waals surface area (Å²) in [6.45, 7) is 5.36. The van der Waals surface area contributed by atoms with E-state index in [1.165, 1.54) is 12.1 Å². The van der Waals surface area contributed by atoms with E-state index >= 15 is 0 Å². The van der Waals surface area contributed by atoms with Gasteiger partial charge in [-0.25, -0.2) is 8.42 Å². The molecule has 6 heteroatoms. The fraction of sp³-hybridized carbons (Fsp3) is 0.316. The molecule has 5 nitrogen and oxygen atoms in total. The van der Waals surface area contributed by atoms with Crippen LogP contribution < -0.4 is 4.72 Å². The standard InChI is InChI=1S/C19H24N2O3S/c1-3-5-15-21(4-2)19(22)16-11-13-18(14-12-16)25(23,24)20-17-9-7-6-8-10-17/h6-14,20H,3-5,15H2,1-2H3. The minimum absolute atomic E-state index is 0.0732. The first-order valence-corrected chi connectivity index (χ1v) is 9.93. The smallest absolute Gasteiger partial charge is 0.261 e. The van der Waals surface area contributed by atoms with Crippen molar-refractivity contribution in [3.63, 3.8) is 0 Å². The average Bonchev–Trinajstić information content (AvgIpc) is 2.63. The normalized spacial score (nSPS) is 11.1. The predicted octanol–water partition coefficient (Wildman–Crippen LogP) is 3.75. The molecule has 0 aliphatic heterocycles. The molecule has 0 radical (unpaired) electrons. The quantitative estimate of drug-likeness (QED) is 0.780. The minimum atomic E-state index is -3.67. The molecule has 1 amide bonds. The van der Waals surface area contributed by atoms with Crippen LogP contribution in [0.3, 0.4) is 0 Å². The Balaban J connectivity index is 2.14. The summed E-state index contributed by atoms with van der Waals surface area (Å²) in [6, 6.07) is 14.8. The van der Waals surface area contributed by atoms with Gasteiger partial charge in [0.25, 0.3) is 15.9 Å². The summed E-state index contributed by atoms with van der Waals surface area (Å²) in [6.07, 6.45) is 1.97. The fourth-order valence-electron chi connectivity index (χ4n) is 2.43. The summed E-state index contributed by atoms with van der Waals surface area (Å²) < 4.78 is 27.3. The zero-order valence-electron chi connectivity index (χ0n) is 14.6. The Kier molecular flexibility index (Phi) is 6.58. The number of carbonyl (C=O) groups excluding carboxylic acids is 1. The molecule has 0 bridgehead atoms. The molecule has 0 saturated carbocycles. The van der Waals surface area contributed by atoms with Gasteiger partial charge in [0.05, 0.1) is 4.90 Å². The van der Waals surface area contributed by atoms with Crippen LogP contribution in [0, 0.1) is 0 Å². The number of nitrogens with zero attached hydrogens (tertiary/aromatic N) is 1. The van der Waals surface area contributed by atoms with Crippen LogP contribution in [-0.2, 0) is 10.0 Å². The molecule has 0 unspecified atom stereocenters. The van der Waals surface area contributed by atoms with Crippen molar-refractivity contribution in [2.24, 2.45) is 0 Å². The molecule has 0 atom stereocenters. The van der Waals surface area contributed by atoms with Crippen molar-refractivity contribution in [2.75, 3.05) is 17.8 Å². The molecule has 2 aromatic carbocycles. The van der Waals surface area contributed by atoms with Gasteiger partial charge < -0.3 is 4.90 Å². The second kappa shape index (κ2) is 8.67. The van der Waals surface area contributed by atoms with Crippen LogP contribution in [-0.4, -0.2) is 32.3 Å². The topological polar surface area (TPSA) is 66.5 Å². The molecule has 0 fully saturated rings. The summed E-state index contributed by atoms with van der Waals surface area (Å²) >= 11 is 0. The van der Waals surface area contributed by atoms with Gasteiger partial charge >= 0.3 is 0 Å². The van der Waals surface area contributed by atoms with Crippen molar-refractivity contribution in [3.05, 3.63) is 60.2 Å². The molecule has 2 rings (SSSR count). The molecular formula is C19H24N2O3S. The molecule has 0 aliphatic rings. The third-order valence-corrected chi connectivity index (χ3v) is 5.29. The Bertz CT molecular complexity index is 787. The van der Waals surface area contributed by atoms with E-state index in [4.69, 9.17) is 0 Å². The third-order valence-electron chi connectivity index (χ3n) is 3.89. The van der Waals surface area contributed by atoms with E-state index < -0.39 is 10.0 Å². The van der Waals surface area contributed by atoms with Crippen LogP contribution in [0.2, 0.25) is 0 Å². The van der Waals surface area contributed by atoms with Crippen LogP contribution >= 0.6 is 0 Å². The van der Waals surface area contributed by atoms with E-state index in [1.54, 1.807) is 41.3 Å². The zero-order valence-corrected chi connectivity index (χ0v) is 15.4. The third kappa shape index (κ3) is 5.06. The largest absolute Gasteiger partial charge is 0.339 e. The van der Waals surface area contributed by atoms with Crippen LogP contribution in [0.4, 0.5) is 5.69 Å². The summed E-state index contributed by atoms with van der Waals surface area (Å²) in [4.78, 5) is 14.4. The molecule has 0 spiro atoms. The molecule has 0 aliphatic carbocycles. The number of rotatable bonds is 8. The van der Waals surface area contributed by atoms with E-state index in [2.05, 4.69) is 11.6 Å². The highest BCUT2D eigenvalue weighted by molar-refractivity contribution is 7.92. The Labute approximate surface area is 149 Å². The highest BCUT2D eigenvalue weighted by atomic mass is 32.2. The molecule has 1 N–H and O–H groups in total. The Morgan fingerprint density at radius 2 is 1.64 bits per heavy atom. The molecule has 25 heavy (non-hydrogen) atoms. The Hall–Kier alpha value is -2.34. The van der Waals surface area contributed by atoms with Crippen molar-refractivity contribution in [1.82, 2.24) is 4.90 Å². The maximum Gasteiger partial charge on any atom is 0.261 e. The number of anilines is 1. The van der Waals surface area contributed by atoms with E-state index in [-0.39, 0.29) is 10.8 Å². The maximum absolute atomic E-state index is 12.5. The highest BCUT2D eigenvalue weighted by Crippen LogP contribution is 2.17. The van der Waals surface area contributed by atoms with Crippen molar-refractivity contribution < 1.29 is 13.2 Å². The van der Waals surface area contributed by atoms with Crippen LogP contribution in [0.5, 0.6) is 0 Å². The van der Waals surface area contributed by atoms with Gasteiger partial charge in [-0.05, 0) is 49.7 Å². The lowest BCUT2D eigenvalue weighted by molar-refractivity contribution is 0.0762. The lowest BCUT2D eigenvalue weighted by Gasteiger charge is -2.20. The minimum Gasteiger partial charge on any atom is -0.339 e. The molecule has 134 valence electrons. The van der Waals surface area contributed by atoms with Gasteiger partial charge in [-0.2, -0.15) is 0 Å². The Morgan fingerprint density at radius 3 is 2.20 bits per heavy atom. The summed E-state index contributed by atoms with van der Waals surface area (Å²) in [5, 5.41) is 0. The van der Waals surface area contributed by atoms with Gasteiger partial charge in [0.2, 0.25) is 0 Å². The zero-order chi connectivity index (χ0) is 18.3. The lowest BCUT2D eigenvalue weighted by Crippen LogP contribution is -2.31. The summed E-state index contributed by atoms with van der Waals surface area (Å²) in [7, 11) is -3.67. The first-order chi connectivity index (χ1) is 12.0. The highest BCUT2D eigenvalue weighted by Gasteiger charge is 2.17. The summed E-state index contributed by atoms with van der Waals surface area (Å²) in [5.41, 5.74) is 0.996. The number of unbranched alkanes of at least 4 members (excludes halogenated alkanes) is 1. The van der Waals surface area contributed by atoms with Gasteiger partial charge in [-0.1, -0.05) is 31.5 Å². The molecule has 0 saturated heterocycles. The second-order valence-corrected chi connectivity index (χ2v) is 7.42. The van der Waals surface area contributed by atoms with Gasteiger partial charge in [0.1, 0.15) is 0 Å². The van der Waals surface area contributed by atoms with Gasteiger partial charge in [-0.15, -0.1) is 0 Å². The molecular weight excluding hydrogens is 336 g/mol. The number of benzene rings is 2. The SMILES string of the molecule is CCCCN(CC)C(=O)c1ccc(S(=O)(=O)Nc2ccccc2)cc1. The van der Waals surface area contributed by atoms with Crippen LogP contribution in [0.1, 0.15) is 37.0 Å². The maximum atomic E-state index is 12.5. The van der Waals surface area contributed by atoms with Crippen LogP contribution in [0.15, 0.2) is 59.5 Å². The second-order valence-electron chi connectivity index (χ2n) is 5.73. The fourth-order valence-corrected chi connectivity index (χ4v) is 3.49. The monoisotopic (exact) mass is 360 g/mol. The number of hydrogen-bond acceptors (Lipinski definition) is 3. The van der Waals surface area contributed by atoms with Crippen molar-refractivity contribution in [1.29, 1.82) is 0 Å². The summed E-state index contributed by atoms with van der Waals surface area (Å²) in [5.74, 6) is -0.0732. The molecule has 0 aromatic heterocycles. The molecule has 2 aromatic rings. The van der Waals surface area contributed by atoms with Crippen molar-refractivity contribution >= 4 is 21.6 Å². The number of carbonyl (C=O) groups is 1. The van der Waals surface area contributed by atoms with E-state index in [0.29, 0.717) is 24.3 Å².